The summed E-state index contributed by atoms with van der Waals surface area (Å²) < 4.78 is 5.51. The number of amides is 1. The minimum atomic E-state index is -0.167. The van der Waals surface area contributed by atoms with E-state index < -0.39 is 0 Å². The Morgan fingerprint density at radius 3 is 2.77 bits per heavy atom. The highest BCUT2D eigenvalue weighted by molar-refractivity contribution is 6.35. The van der Waals surface area contributed by atoms with Crippen LogP contribution in [0.5, 0.6) is 5.75 Å². The number of likely N-dealkylation sites (N-methyl/N-ethyl adjacent to an activating group) is 1. The Morgan fingerprint density at radius 1 is 1.27 bits per heavy atom. The summed E-state index contributed by atoms with van der Waals surface area (Å²) in [6, 6.07) is 7.13. The Kier molecular flexibility index (Phi) is 9.85. The molecule has 0 aliphatic heterocycles. The van der Waals surface area contributed by atoms with Crippen LogP contribution in [0.25, 0.3) is 10.9 Å². The van der Waals surface area contributed by atoms with Crippen LogP contribution in [0, 0.1) is 0 Å². The van der Waals surface area contributed by atoms with Crippen LogP contribution in [0.4, 0.5) is 0 Å². The first kappa shape index (κ1) is 20.7. The van der Waals surface area contributed by atoms with Gasteiger partial charge in [0.25, 0.3) is 5.91 Å². The number of hydrogen-bond acceptors (Lipinski definition) is 4. The van der Waals surface area contributed by atoms with Gasteiger partial charge in [0, 0.05) is 24.7 Å². The van der Waals surface area contributed by atoms with Crippen molar-refractivity contribution in [2.45, 2.75) is 0 Å². The van der Waals surface area contributed by atoms with Crippen LogP contribution < -0.4 is 15.4 Å². The van der Waals surface area contributed by atoms with E-state index in [1.807, 2.05) is 19.2 Å². The van der Waals surface area contributed by atoms with E-state index >= 15 is 0 Å². The van der Waals surface area contributed by atoms with Crippen LogP contribution in [0.3, 0.4) is 0 Å². The molecule has 0 spiro atoms. The summed E-state index contributed by atoms with van der Waals surface area (Å²) in [6.45, 7) is 1.24. The standard InChI is InChI=1S/C14H16ClN3O2.2ClH/c1-16-7-8-17-13(19)9-20-12-5-4-11(15)10-3-2-6-18-14(10)12;;/h2-6,16H,7-9H2,1H3,(H,17,19);2*1H. The number of benzene rings is 1. The van der Waals surface area contributed by atoms with E-state index in [9.17, 15) is 4.79 Å². The molecule has 0 atom stereocenters. The molecule has 22 heavy (non-hydrogen) atoms. The highest BCUT2D eigenvalue weighted by atomic mass is 35.5. The SMILES string of the molecule is CNCCNC(=O)COc1ccc(Cl)c2cccnc12.Cl.Cl. The van der Waals surface area contributed by atoms with Gasteiger partial charge in [-0.25, -0.2) is 0 Å². The molecule has 5 nitrogen and oxygen atoms in total. The first-order valence-electron chi connectivity index (χ1n) is 6.29. The van der Waals surface area contributed by atoms with Gasteiger partial charge in [-0.3, -0.25) is 9.78 Å². The van der Waals surface area contributed by atoms with E-state index in [4.69, 9.17) is 16.3 Å². The molecule has 1 aromatic heterocycles. The summed E-state index contributed by atoms with van der Waals surface area (Å²) >= 11 is 6.09. The highest BCUT2D eigenvalue weighted by Gasteiger charge is 2.08. The van der Waals surface area contributed by atoms with E-state index in [1.165, 1.54) is 0 Å². The van der Waals surface area contributed by atoms with Gasteiger partial charge in [-0.05, 0) is 31.3 Å². The van der Waals surface area contributed by atoms with E-state index in [2.05, 4.69) is 15.6 Å². The molecule has 0 unspecified atom stereocenters. The number of aromatic nitrogens is 1. The number of ether oxygens (including phenoxy) is 1. The summed E-state index contributed by atoms with van der Waals surface area (Å²) in [7, 11) is 1.83. The molecule has 0 aliphatic rings. The zero-order chi connectivity index (χ0) is 14.4. The van der Waals surface area contributed by atoms with Crippen molar-refractivity contribution < 1.29 is 9.53 Å². The van der Waals surface area contributed by atoms with Crippen molar-refractivity contribution in [2.24, 2.45) is 0 Å². The lowest BCUT2D eigenvalue weighted by molar-refractivity contribution is -0.123. The Balaban J connectivity index is 0.00000220. The minimum absolute atomic E-state index is 0. The molecule has 0 aliphatic carbocycles. The second-order valence-corrected chi connectivity index (χ2v) is 4.59. The van der Waals surface area contributed by atoms with Crippen molar-refractivity contribution >= 4 is 53.2 Å². The number of carbonyl (C=O) groups excluding carboxylic acids is 1. The lowest BCUT2D eigenvalue weighted by Crippen LogP contribution is -2.33. The Labute approximate surface area is 146 Å². The smallest absolute Gasteiger partial charge is 0.257 e. The number of hydrogen-bond donors (Lipinski definition) is 2. The maximum absolute atomic E-state index is 11.6. The predicted molar refractivity (Wildman–Crippen MR) is 93.7 cm³/mol. The maximum Gasteiger partial charge on any atom is 0.257 e. The Hall–Kier alpha value is -1.27. The second-order valence-electron chi connectivity index (χ2n) is 4.19. The number of fused-ring (bicyclic) bond motifs is 1. The quantitative estimate of drug-likeness (QED) is 0.771. The molecule has 1 amide bonds. The monoisotopic (exact) mass is 365 g/mol. The number of pyridine rings is 1. The number of nitrogens with one attached hydrogen (secondary N) is 2. The molecule has 0 bridgehead atoms. The molecule has 0 saturated heterocycles. The molecular formula is C14H18Cl3N3O2. The van der Waals surface area contributed by atoms with Gasteiger partial charge >= 0.3 is 0 Å². The molecule has 1 heterocycles. The van der Waals surface area contributed by atoms with E-state index in [0.29, 0.717) is 22.8 Å². The minimum Gasteiger partial charge on any atom is -0.481 e. The van der Waals surface area contributed by atoms with Gasteiger partial charge in [-0.1, -0.05) is 11.6 Å². The summed E-state index contributed by atoms with van der Waals surface area (Å²) in [5.74, 6) is 0.382. The second kappa shape index (κ2) is 10.5. The van der Waals surface area contributed by atoms with Gasteiger partial charge in [-0.2, -0.15) is 0 Å². The van der Waals surface area contributed by atoms with E-state index in [-0.39, 0.29) is 37.3 Å². The van der Waals surface area contributed by atoms with Crippen molar-refractivity contribution in [3.63, 3.8) is 0 Å². The summed E-state index contributed by atoms with van der Waals surface area (Å²) in [5.41, 5.74) is 0.656. The Morgan fingerprint density at radius 2 is 2.05 bits per heavy atom. The summed E-state index contributed by atoms with van der Waals surface area (Å²) in [5, 5.41) is 7.11. The van der Waals surface area contributed by atoms with Gasteiger partial charge in [-0.15, -0.1) is 24.8 Å². The lowest BCUT2D eigenvalue weighted by atomic mass is 10.2. The van der Waals surface area contributed by atoms with Crippen LogP contribution in [0.1, 0.15) is 0 Å². The van der Waals surface area contributed by atoms with Crippen LogP contribution in [0.15, 0.2) is 30.5 Å². The zero-order valence-corrected chi connectivity index (χ0v) is 14.4. The van der Waals surface area contributed by atoms with Crippen LogP contribution in [0.2, 0.25) is 5.02 Å². The number of nitrogens with zero attached hydrogens (tertiary/aromatic N) is 1. The summed E-state index contributed by atoms with van der Waals surface area (Å²) in [4.78, 5) is 15.8. The fourth-order valence-corrected chi connectivity index (χ4v) is 1.97. The van der Waals surface area contributed by atoms with Crippen molar-refractivity contribution in [1.29, 1.82) is 0 Å². The van der Waals surface area contributed by atoms with Crippen LogP contribution in [-0.2, 0) is 4.79 Å². The Bertz CT molecular complexity index is 611. The van der Waals surface area contributed by atoms with E-state index in [1.54, 1.807) is 18.3 Å². The lowest BCUT2D eigenvalue weighted by Gasteiger charge is -2.09. The molecule has 2 N–H and O–H groups in total. The van der Waals surface area contributed by atoms with Gasteiger partial charge in [0.05, 0.1) is 5.02 Å². The van der Waals surface area contributed by atoms with Crippen molar-refractivity contribution in [1.82, 2.24) is 15.6 Å². The van der Waals surface area contributed by atoms with Crippen LogP contribution >= 0.6 is 36.4 Å². The van der Waals surface area contributed by atoms with Crippen molar-refractivity contribution in [3.05, 3.63) is 35.5 Å². The molecule has 0 radical (unpaired) electrons. The maximum atomic E-state index is 11.6. The third kappa shape index (κ3) is 5.50. The average molecular weight is 367 g/mol. The van der Waals surface area contributed by atoms with E-state index in [0.717, 1.165) is 11.9 Å². The molecular weight excluding hydrogens is 349 g/mol. The molecule has 0 saturated carbocycles. The number of carbonyl (C=O) groups is 1. The van der Waals surface area contributed by atoms with Crippen molar-refractivity contribution in [2.75, 3.05) is 26.7 Å². The average Bonchev–Trinajstić information content (AvgIpc) is 2.47. The number of rotatable bonds is 6. The topological polar surface area (TPSA) is 63.2 Å². The third-order valence-corrected chi connectivity index (χ3v) is 3.06. The summed E-state index contributed by atoms with van der Waals surface area (Å²) in [6.07, 6.45) is 1.67. The largest absolute Gasteiger partial charge is 0.481 e. The fraction of sp³-hybridized carbons (Fsp3) is 0.286. The fourth-order valence-electron chi connectivity index (χ4n) is 1.75. The number of halogens is 3. The van der Waals surface area contributed by atoms with Crippen molar-refractivity contribution in [3.8, 4) is 5.75 Å². The van der Waals surface area contributed by atoms with Gasteiger partial charge < -0.3 is 15.4 Å². The third-order valence-electron chi connectivity index (χ3n) is 2.74. The normalized spacial score (nSPS) is 9.55. The predicted octanol–water partition coefficient (Wildman–Crippen LogP) is 2.45. The molecule has 8 heteroatoms. The van der Waals surface area contributed by atoms with Crippen LogP contribution in [-0.4, -0.2) is 37.6 Å². The molecule has 122 valence electrons. The zero-order valence-electron chi connectivity index (χ0n) is 12.0. The molecule has 2 rings (SSSR count). The molecule has 0 fully saturated rings. The van der Waals surface area contributed by atoms with Gasteiger partial charge in [0.2, 0.25) is 0 Å². The van der Waals surface area contributed by atoms with Gasteiger partial charge in [0.15, 0.2) is 6.61 Å². The highest BCUT2D eigenvalue weighted by Crippen LogP contribution is 2.29. The first-order valence-corrected chi connectivity index (χ1v) is 6.67. The first-order chi connectivity index (χ1) is 9.72. The molecule has 2 aromatic rings. The molecule has 1 aromatic carbocycles. The van der Waals surface area contributed by atoms with Gasteiger partial charge in [0.1, 0.15) is 11.3 Å².